The number of carbonyl (C=O) groups excluding carboxylic acids is 2. The van der Waals surface area contributed by atoms with Gasteiger partial charge in [0.05, 0.1) is 6.61 Å². The van der Waals surface area contributed by atoms with Crippen molar-refractivity contribution in [2.45, 2.75) is 46.0 Å². The summed E-state index contributed by atoms with van der Waals surface area (Å²) in [5.74, 6) is 0.0482. The van der Waals surface area contributed by atoms with Crippen LogP contribution in [0.2, 0.25) is 0 Å². The Morgan fingerprint density at radius 1 is 1.35 bits per heavy atom. The first-order chi connectivity index (χ1) is 9.63. The summed E-state index contributed by atoms with van der Waals surface area (Å²) in [6.45, 7) is 5.37. The molecule has 114 valence electrons. The molecule has 0 unspecified atom stereocenters. The third-order valence-corrected chi connectivity index (χ3v) is 3.46. The molecule has 0 aromatic rings. The number of alkyl carbamates (subject to hydrolysis) is 1. The van der Waals surface area contributed by atoms with E-state index >= 15 is 0 Å². The minimum absolute atomic E-state index is 0.0482. The lowest BCUT2D eigenvalue weighted by molar-refractivity contribution is -0.128. The molecule has 20 heavy (non-hydrogen) atoms. The van der Waals surface area contributed by atoms with Gasteiger partial charge in [0.2, 0.25) is 5.91 Å². The third kappa shape index (κ3) is 6.59. The third-order valence-electron chi connectivity index (χ3n) is 3.46. The van der Waals surface area contributed by atoms with E-state index in [2.05, 4.69) is 11.4 Å². The van der Waals surface area contributed by atoms with E-state index in [1.54, 1.807) is 18.7 Å². The molecule has 0 atom stereocenters. The first-order valence-electron chi connectivity index (χ1n) is 7.47. The van der Waals surface area contributed by atoms with Crippen LogP contribution < -0.4 is 5.32 Å². The van der Waals surface area contributed by atoms with E-state index in [4.69, 9.17) is 4.74 Å². The first kappa shape index (κ1) is 16.5. The van der Waals surface area contributed by atoms with Gasteiger partial charge in [-0.3, -0.25) is 4.79 Å². The molecule has 5 heteroatoms. The van der Waals surface area contributed by atoms with Crippen molar-refractivity contribution in [3.63, 3.8) is 0 Å². The molecule has 5 nitrogen and oxygen atoms in total. The smallest absolute Gasteiger partial charge is 0.407 e. The van der Waals surface area contributed by atoms with E-state index < -0.39 is 6.09 Å². The lowest BCUT2D eigenvalue weighted by Gasteiger charge is -2.22. The van der Waals surface area contributed by atoms with E-state index in [1.807, 2.05) is 0 Å². The van der Waals surface area contributed by atoms with E-state index in [0.717, 1.165) is 19.4 Å². The molecule has 1 rings (SSSR count). The van der Waals surface area contributed by atoms with Gasteiger partial charge in [0, 0.05) is 26.6 Å². The average Bonchev–Trinajstić information content (AvgIpc) is 2.43. The molecule has 0 fully saturated rings. The first-order valence-corrected chi connectivity index (χ1v) is 7.47. The van der Waals surface area contributed by atoms with Crippen LogP contribution >= 0.6 is 0 Å². The standard InChI is InChI=1S/C15H26N2O3/c1-3-20-15(19)16-10-12-17(13(2)18)11-9-14-7-5-4-6-8-14/h7H,3-6,8-12H2,1-2H3,(H,16,19). The van der Waals surface area contributed by atoms with Gasteiger partial charge in [-0.1, -0.05) is 11.6 Å². The molecule has 0 radical (unpaired) electrons. The van der Waals surface area contributed by atoms with Crippen molar-refractivity contribution in [3.8, 4) is 0 Å². The Bertz CT molecular complexity index is 353. The zero-order valence-corrected chi connectivity index (χ0v) is 12.6. The molecule has 1 aliphatic carbocycles. The number of rotatable bonds is 7. The van der Waals surface area contributed by atoms with Gasteiger partial charge in [-0.05, 0) is 39.0 Å². The highest BCUT2D eigenvalue weighted by Gasteiger charge is 2.11. The quantitative estimate of drug-likeness (QED) is 0.730. The summed E-state index contributed by atoms with van der Waals surface area (Å²) in [6, 6.07) is 0. The molecule has 0 spiro atoms. The number of allylic oxidation sites excluding steroid dienone is 1. The summed E-state index contributed by atoms with van der Waals surface area (Å²) in [6.07, 6.45) is 7.69. The Labute approximate surface area is 121 Å². The van der Waals surface area contributed by atoms with Gasteiger partial charge < -0.3 is 15.0 Å². The van der Waals surface area contributed by atoms with Crippen molar-refractivity contribution >= 4 is 12.0 Å². The molecule has 0 aromatic heterocycles. The molecule has 0 saturated carbocycles. The van der Waals surface area contributed by atoms with Gasteiger partial charge in [-0.15, -0.1) is 0 Å². The predicted octanol–water partition coefficient (Wildman–Crippen LogP) is 2.47. The van der Waals surface area contributed by atoms with E-state index in [0.29, 0.717) is 19.7 Å². The summed E-state index contributed by atoms with van der Waals surface area (Å²) < 4.78 is 4.78. The topological polar surface area (TPSA) is 58.6 Å². The van der Waals surface area contributed by atoms with Crippen molar-refractivity contribution in [2.24, 2.45) is 0 Å². The maximum absolute atomic E-state index is 11.6. The molecule has 0 aromatic carbocycles. The minimum Gasteiger partial charge on any atom is -0.450 e. The minimum atomic E-state index is -0.425. The Hall–Kier alpha value is -1.52. The van der Waals surface area contributed by atoms with Gasteiger partial charge in [-0.2, -0.15) is 0 Å². The number of hydrogen-bond donors (Lipinski definition) is 1. The second-order valence-corrected chi connectivity index (χ2v) is 5.01. The van der Waals surface area contributed by atoms with Crippen LogP contribution in [0.5, 0.6) is 0 Å². The van der Waals surface area contributed by atoms with Crippen molar-refractivity contribution in [1.82, 2.24) is 10.2 Å². The molecule has 1 aliphatic rings. The second-order valence-electron chi connectivity index (χ2n) is 5.01. The maximum Gasteiger partial charge on any atom is 0.407 e. The summed E-state index contributed by atoms with van der Waals surface area (Å²) in [7, 11) is 0. The molecule has 1 N–H and O–H groups in total. The van der Waals surface area contributed by atoms with Gasteiger partial charge in [0.1, 0.15) is 0 Å². The van der Waals surface area contributed by atoms with Crippen LogP contribution in [0.25, 0.3) is 0 Å². The lowest BCUT2D eigenvalue weighted by atomic mass is 9.97. The summed E-state index contributed by atoms with van der Waals surface area (Å²) in [5, 5.41) is 2.64. The molecule has 0 saturated heterocycles. The highest BCUT2D eigenvalue weighted by atomic mass is 16.5. The largest absolute Gasteiger partial charge is 0.450 e. The maximum atomic E-state index is 11.6. The van der Waals surface area contributed by atoms with Crippen LogP contribution in [-0.4, -0.2) is 43.1 Å². The van der Waals surface area contributed by atoms with Crippen molar-refractivity contribution in [2.75, 3.05) is 26.2 Å². The lowest BCUT2D eigenvalue weighted by Crippen LogP contribution is -2.38. The van der Waals surface area contributed by atoms with E-state index in [-0.39, 0.29) is 5.91 Å². The van der Waals surface area contributed by atoms with Crippen LogP contribution in [0.1, 0.15) is 46.0 Å². The second kappa shape index (κ2) is 9.39. The van der Waals surface area contributed by atoms with Crippen LogP contribution in [0.15, 0.2) is 11.6 Å². The number of carbonyl (C=O) groups is 2. The number of ether oxygens (including phenoxy) is 1. The highest BCUT2D eigenvalue weighted by Crippen LogP contribution is 2.20. The fraction of sp³-hybridized carbons (Fsp3) is 0.733. The fourth-order valence-electron chi connectivity index (χ4n) is 2.31. The van der Waals surface area contributed by atoms with E-state index in [9.17, 15) is 9.59 Å². The van der Waals surface area contributed by atoms with Crippen LogP contribution in [0.3, 0.4) is 0 Å². The van der Waals surface area contributed by atoms with Crippen molar-refractivity contribution in [3.05, 3.63) is 11.6 Å². The Morgan fingerprint density at radius 3 is 2.75 bits per heavy atom. The summed E-state index contributed by atoms with van der Waals surface area (Å²) in [5.41, 5.74) is 1.46. The van der Waals surface area contributed by atoms with E-state index in [1.165, 1.54) is 24.8 Å². The molecule has 2 amide bonds. The Kier molecular flexibility index (Phi) is 7.77. The monoisotopic (exact) mass is 282 g/mol. The summed E-state index contributed by atoms with van der Waals surface area (Å²) >= 11 is 0. The number of nitrogens with one attached hydrogen (secondary N) is 1. The number of nitrogens with zero attached hydrogens (tertiary/aromatic N) is 1. The van der Waals surface area contributed by atoms with Gasteiger partial charge in [-0.25, -0.2) is 4.79 Å². The summed E-state index contributed by atoms with van der Waals surface area (Å²) in [4.78, 5) is 24.5. The van der Waals surface area contributed by atoms with Crippen LogP contribution in [0.4, 0.5) is 4.79 Å². The molecular formula is C15H26N2O3. The van der Waals surface area contributed by atoms with Gasteiger partial charge >= 0.3 is 6.09 Å². The SMILES string of the molecule is CCOC(=O)NCCN(CCC1=CCCCC1)C(C)=O. The predicted molar refractivity (Wildman–Crippen MR) is 78.4 cm³/mol. The van der Waals surface area contributed by atoms with Crippen molar-refractivity contribution in [1.29, 1.82) is 0 Å². The number of hydrogen-bond acceptors (Lipinski definition) is 3. The fourth-order valence-corrected chi connectivity index (χ4v) is 2.31. The zero-order chi connectivity index (χ0) is 14.8. The van der Waals surface area contributed by atoms with Gasteiger partial charge in [0.25, 0.3) is 0 Å². The average molecular weight is 282 g/mol. The Balaban J connectivity index is 2.27. The molecule has 0 aliphatic heterocycles. The highest BCUT2D eigenvalue weighted by molar-refractivity contribution is 5.73. The number of amides is 2. The van der Waals surface area contributed by atoms with Crippen LogP contribution in [-0.2, 0) is 9.53 Å². The molecule has 0 bridgehead atoms. The Morgan fingerprint density at radius 2 is 2.15 bits per heavy atom. The molecule has 0 heterocycles. The van der Waals surface area contributed by atoms with Crippen LogP contribution in [0, 0.1) is 0 Å². The zero-order valence-electron chi connectivity index (χ0n) is 12.6. The normalized spacial score (nSPS) is 14.4. The molecular weight excluding hydrogens is 256 g/mol. The van der Waals surface area contributed by atoms with Crippen molar-refractivity contribution < 1.29 is 14.3 Å². The van der Waals surface area contributed by atoms with Gasteiger partial charge in [0.15, 0.2) is 0 Å².